The van der Waals surface area contributed by atoms with Crippen molar-refractivity contribution in [2.24, 2.45) is 0 Å². The zero-order valence-electron chi connectivity index (χ0n) is 14.4. The molecule has 0 spiro atoms. The molecule has 3 rings (SSSR count). The fourth-order valence-corrected chi connectivity index (χ4v) is 3.79. The van der Waals surface area contributed by atoms with Gasteiger partial charge in [-0.1, -0.05) is 17.7 Å². The number of hydrogen-bond acceptors (Lipinski definition) is 4. The van der Waals surface area contributed by atoms with Crippen molar-refractivity contribution in [3.05, 3.63) is 28.8 Å². The third-order valence-electron chi connectivity index (χ3n) is 4.96. The van der Waals surface area contributed by atoms with Gasteiger partial charge in [-0.2, -0.15) is 0 Å². The maximum Gasteiger partial charge on any atom is 0.251 e. The highest BCUT2D eigenvalue weighted by Crippen LogP contribution is 2.32. The molecule has 0 radical (unpaired) electrons. The minimum absolute atomic E-state index is 0.0605. The van der Waals surface area contributed by atoms with Gasteiger partial charge in [-0.25, -0.2) is 4.90 Å². The Kier molecular flexibility index (Phi) is 4.25. The smallest absolute Gasteiger partial charge is 0.251 e. The molecule has 5 heteroatoms. The first-order valence-corrected chi connectivity index (χ1v) is 8.25. The van der Waals surface area contributed by atoms with Crippen molar-refractivity contribution < 1.29 is 9.59 Å². The van der Waals surface area contributed by atoms with Crippen LogP contribution in [-0.2, 0) is 9.59 Å². The van der Waals surface area contributed by atoms with E-state index in [4.69, 9.17) is 0 Å². The lowest BCUT2D eigenvalue weighted by Crippen LogP contribution is -2.51. The molecule has 1 atom stereocenters. The third kappa shape index (κ3) is 2.91. The summed E-state index contributed by atoms with van der Waals surface area (Å²) in [6, 6.07) is 3.77. The number of hydrogen-bond donors (Lipinski definition) is 0. The van der Waals surface area contributed by atoms with Gasteiger partial charge in [0.05, 0.1) is 18.2 Å². The standard InChI is InChI=1S/C18H25N3O2/c1-12-9-13(2)17(14(3)10-12)21-16(22)11-15(18(21)23)20-7-5-19(4)6-8-20/h9-10,15H,5-8,11H2,1-4H3/t15-/m1/s1. The van der Waals surface area contributed by atoms with Gasteiger partial charge < -0.3 is 4.90 Å². The van der Waals surface area contributed by atoms with E-state index in [1.54, 1.807) is 0 Å². The van der Waals surface area contributed by atoms with Crippen LogP contribution in [0.2, 0.25) is 0 Å². The van der Waals surface area contributed by atoms with Crippen LogP contribution in [0.25, 0.3) is 0 Å². The minimum Gasteiger partial charge on any atom is -0.304 e. The Morgan fingerprint density at radius 2 is 1.52 bits per heavy atom. The molecule has 0 aliphatic carbocycles. The monoisotopic (exact) mass is 315 g/mol. The molecule has 124 valence electrons. The Morgan fingerprint density at radius 3 is 2.09 bits per heavy atom. The molecule has 2 fully saturated rings. The number of piperazine rings is 1. The Balaban J connectivity index is 1.88. The van der Waals surface area contributed by atoms with Crippen LogP contribution in [0.1, 0.15) is 23.1 Å². The molecule has 5 nitrogen and oxygen atoms in total. The van der Waals surface area contributed by atoms with E-state index in [1.807, 2.05) is 32.9 Å². The summed E-state index contributed by atoms with van der Waals surface area (Å²) in [6.07, 6.45) is 0.301. The van der Waals surface area contributed by atoms with Crippen LogP contribution in [0, 0.1) is 20.8 Å². The number of imide groups is 1. The normalized spacial score (nSPS) is 23.8. The van der Waals surface area contributed by atoms with Crippen LogP contribution in [0.5, 0.6) is 0 Å². The Morgan fingerprint density at radius 1 is 0.957 bits per heavy atom. The fourth-order valence-electron chi connectivity index (χ4n) is 3.79. The second-order valence-corrected chi connectivity index (χ2v) is 6.87. The van der Waals surface area contributed by atoms with Crippen LogP contribution >= 0.6 is 0 Å². The molecule has 23 heavy (non-hydrogen) atoms. The van der Waals surface area contributed by atoms with E-state index in [1.165, 1.54) is 4.90 Å². The minimum atomic E-state index is -0.295. The Labute approximate surface area is 137 Å². The van der Waals surface area contributed by atoms with Gasteiger partial charge in [0, 0.05) is 26.2 Å². The van der Waals surface area contributed by atoms with Crippen LogP contribution < -0.4 is 4.90 Å². The summed E-state index contributed by atoms with van der Waals surface area (Å²) in [5, 5.41) is 0. The van der Waals surface area contributed by atoms with E-state index >= 15 is 0 Å². The predicted octanol–water partition coefficient (Wildman–Crippen LogP) is 1.49. The summed E-state index contributed by atoms with van der Waals surface area (Å²) < 4.78 is 0. The van der Waals surface area contributed by atoms with Crippen molar-refractivity contribution in [2.45, 2.75) is 33.2 Å². The first-order valence-electron chi connectivity index (χ1n) is 8.25. The van der Waals surface area contributed by atoms with E-state index in [0.717, 1.165) is 48.6 Å². The molecule has 0 N–H and O–H groups in total. The second-order valence-electron chi connectivity index (χ2n) is 6.87. The zero-order chi connectivity index (χ0) is 16.7. The lowest BCUT2D eigenvalue weighted by molar-refractivity contribution is -0.123. The van der Waals surface area contributed by atoms with Gasteiger partial charge in [-0.3, -0.25) is 14.5 Å². The van der Waals surface area contributed by atoms with Gasteiger partial charge in [0.15, 0.2) is 0 Å². The summed E-state index contributed by atoms with van der Waals surface area (Å²) in [5.41, 5.74) is 3.91. The van der Waals surface area contributed by atoms with Gasteiger partial charge in [0.1, 0.15) is 0 Å². The summed E-state index contributed by atoms with van der Waals surface area (Å²) in [5.74, 6) is -0.136. The Bertz CT molecular complexity index is 625. The van der Waals surface area contributed by atoms with Gasteiger partial charge in [0.25, 0.3) is 5.91 Å². The topological polar surface area (TPSA) is 43.9 Å². The van der Waals surface area contributed by atoms with E-state index in [9.17, 15) is 9.59 Å². The molecule has 2 saturated heterocycles. The van der Waals surface area contributed by atoms with Crippen LogP contribution in [0.4, 0.5) is 5.69 Å². The number of carbonyl (C=O) groups excluding carboxylic acids is 2. The lowest BCUT2D eigenvalue weighted by Gasteiger charge is -2.35. The first kappa shape index (κ1) is 16.1. The van der Waals surface area contributed by atoms with Crippen molar-refractivity contribution in [1.29, 1.82) is 0 Å². The maximum atomic E-state index is 12.9. The molecule has 0 saturated carbocycles. The van der Waals surface area contributed by atoms with Crippen LogP contribution in [-0.4, -0.2) is 60.9 Å². The second kappa shape index (κ2) is 6.06. The highest BCUT2D eigenvalue weighted by atomic mass is 16.2. The van der Waals surface area contributed by atoms with Crippen LogP contribution in [0.3, 0.4) is 0 Å². The van der Waals surface area contributed by atoms with Crippen molar-refractivity contribution in [2.75, 3.05) is 38.1 Å². The number of rotatable bonds is 2. The summed E-state index contributed by atoms with van der Waals surface area (Å²) >= 11 is 0. The molecule has 1 aromatic carbocycles. The van der Waals surface area contributed by atoms with E-state index in [-0.39, 0.29) is 17.9 Å². The molecule has 0 aromatic heterocycles. The fraction of sp³-hybridized carbons (Fsp3) is 0.556. The third-order valence-corrected chi connectivity index (χ3v) is 4.96. The van der Waals surface area contributed by atoms with Crippen molar-refractivity contribution in [3.8, 4) is 0 Å². The molecule has 2 aliphatic heterocycles. The summed E-state index contributed by atoms with van der Waals surface area (Å²) in [4.78, 5) is 31.3. The highest BCUT2D eigenvalue weighted by Gasteiger charge is 2.44. The zero-order valence-corrected chi connectivity index (χ0v) is 14.4. The average molecular weight is 315 g/mol. The molecule has 2 heterocycles. The number of anilines is 1. The summed E-state index contributed by atoms with van der Waals surface area (Å²) in [6.45, 7) is 9.56. The summed E-state index contributed by atoms with van der Waals surface area (Å²) in [7, 11) is 2.09. The van der Waals surface area contributed by atoms with E-state index in [2.05, 4.69) is 16.8 Å². The Hall–Kier alpha value is -1.72. The molecule has 1 aromatic rings. The van der Waals surface area contributed by atoms with Gasteiger partial charge >= 0.3 is 0 Å². The number of aryl methyl sites for hydroxylation is 3. The first-order chi connectivity index (χ1) is 10.9. The van der Waals surface area contributed by atoms with Gasteiger partial charge in [0.2, 0.25) is 5.91 Å². The van der Waals surface area contributed by atoms with Crippen molar-refractivity contribution >= 4 is 17.5 Å². The number of carbonyl (C=O) groups is 2. The highest BCUT2D eigenvalue weighted by molar-refractivity contribution is 6.23. The van der Waals surface area contributed by atoms with E-state index in [0.29, 0.717) is 6.42 Å². The molecular formula is C18H25N3O2. The lowest BCUT2D eigenvalue weighted by atomic mass is 10.0. The van der Waals surface area contributed by atoms with Gasteiger partial charge in [-0.05, 0) is 38.9 Å². The number of amides is 2. The van der Waals surface area contributed by atoms with E-state index < -0.39 is 0 Å². The van der Waals surface area contributed by atoms with Crippen LogP contribution in [0.15, 0.2) is 12.1 Å². The van der Waals surface area contributed by atoms with Crippen molar-refractivity contribution in [1.82, 2.24) is 9.80 Å². The molecule has 2 amide bonds. The number of benzene rings is 1. The predicted molar refractivity (Wildman–Crippen MR) is 90.6 cm³/mol. The number of nitrogens with zero attached hydrogens (tertiary/aromatic N) is 3. The quantitative estimate of drug-likeness (QED) is 0.776. The maximum absolute atomic E-state index is 12.9. The number of likely N-dealkylation sites (N-methyl/N-ethyl adjacent to an activating group) is 1. The molecule has 2 aliphatic rings. The molecule has 0 bridgehead atoms. The molecule has 0 unspecified atom stereocenters. The average Bonchev–Trinajstić information content (AvgIpc) is 2.75. The SMILES string of the molecule is Cc1cc(C)c(N2C(=O)C[C@@H](N3CCN(C)CC3)C2=O)c(C)c1. The van der Waals surface area contributed by atoms with Crippen molar-refractivity contribution in [3.63, 3.8) is 0 Å². The molecular weight excluding hydrogens is 290 g/mol. The largest absolute Gasteiger partial charge is 0.304 e. The van der Waals surface area contributed by atoms with Gasteiger partial charge in [-0.15, -0.1) is 0 Å².